The molecular formula is C11H25N. The van der Waals surface area contributed by atoms with E-state index in [1.54, 1.807) is 0 Å². The van der Waals surface area contributed by atoms with Crippen LogP contribution in [-0.2, 0) is 0 Å². The fraction of sp³-hybridized carbons (Fsp3) is 0.636. The monoisotopic (exact) mass is 171 g/mol. The van der Waals surface area contributed by atoms with Crippen LogP contribution in [0.4, 0.5) is 0 Å². The van der Waals surface area contributed by atoms with E-state index >= 15 is 0 Å². The molecular weight excluding hydrogens is 146 g/mol. The van der Waals surface area contributed by atoms with Gasteiger partial charge in [-0.25, -0.2) is 0 Å². The lowest BCUT2D eigenvalue weighted by molar-refractivity contribution is 1.08. The maximum absolute atomic E-state index is 5.10. The van der Waals surface area contributed by atoms with Crippen molar-refractivity contribution in [3.8, 4) is 0 Å². The van der Waals surface area contributed by atoms with Crippen LogP contribution in [0.25, 0.3) is 0 Å². The highest BCUT2D eigenvalue weighted by atomic mass is 14.5. The van der Waals surface area contributed by atoms with Crippen molar-refractivity contribution in [3.05, 3.63) is 24.4 Å². The molecule has 0 saturated heterocycles. The fourth-order valence-electron chi connectivity index (χ4n) is 0. The Morgan fingerprint density at radius 2 is 1.33 bits per heavy atom. The van der Waals surface area contributed by atoms with Crippen molar-refractivity contribution < 1.29 is 0 Å². The molecule has 0 aliphatic rings. The first kappa shape index (κ1) is 17.4. The zero-order valence-electron chi connectivity index (χ0n) is 9.35. The molecule has 0 fully saturated rings. The third kappa shape index (κ3) is 122. The summed E-state index contributed by atoms with van der Waals surface area (Å²) in [6, 6.07) is 0. The van der Waals surface area contributed by atoms with E-state index in [2.05, 4.69) is 20.4 Å². The molecule has 12 heavy (non-hydrogen) atoms. The van der Waals surface area contributed by atoms with E-state index in [9.17, 15) is 0 Å². The smallest absolute Gasteiger partial charge is 0.000466 e. The molecule has 0 saturated carbocycles. The Morgan fingerprint density at radius 1 is 1.17 bits per heavy atom. The fourth-order valence-corrected chi connectivity index (χ4v) is 0. The summed E-state index contributed by atoms with van der Waals surface area (Å²) >= 11 is 0. The molecule has 0 atom stereocenters. The Balaban J connectivity index is -0.000000105. The molecule has 0 heterocycles. The van der Waals surface area contributed by atoms with Crippen LogP contribution >= 0.6 is 0 Å². The topological polar surface area (TPSA) is 26.0 Å². The van der Waals surface area contributed by atoms with Gasteiger partial charge in [-0.15, -0.1) is 0 Å². The summed E-state index contributed by atoms with van der Waals surface area (Å²) in [5, 5.41) is 0. The van der Waals surface area contributed by atoms with Crippen molar-refractivity contribution in [1.82, 2.24) is 0 Å². The molecule has 0 amide bonds. The Morgan fingerprint density at radius 3 is 1.33 bits per heavy atom. The van der Waals surface area contributed by atoms with E-state index < -0.39 is 0 Å². The van der Waals surface area contributed by atoms with Gasteiger partial charge in [-0.1, -0.05) is 45.9 Å². The minimum absolute atomic E-state index is 0.755. The third-order valence-corrected chi connectivity index (χ3v) is 0.787. The van der Waals surface area contributed by atoms with Crippen LogP contribution in [0, 0.1) is 0 Å². The van der Waals surface area contributed by atoms with Crippen LogP contribution < -0.4 is 5.73 Å². The molecule has 0 unspecified atom stereocenters. The third-order valence-electron chi connectivity index (χ3n) is 0.787. The van der Waals surface area contributed by atoms with Crippen molar-refractivity contribution in [3.63, 3.8) is 0 Å². The second-order valence-electron chi connectivity index (χ2n) is 2.39. The number of hydrogen-bond acceptors (Lipinski definition) is 1. The highest BCUT2D eigenvalue weighted by molar-refractivity contribution is 4.82. The highest BCUT2D eigenvalue weighted by Gasteiger charge is 1.67. The highest BCUT2D eigenvalue weighted by Crippen LogP contribution is 1.79. The van der Waals surface area contributed by atoms with Gasteiger partial charge in [0.05, 0.1) is 0 Å². The molecule has 0 aromatic rings. The second-order valence-corrected chi connectivity index (χ2v) is 2.39. The van der Waals surface area contributed by atoms with E-state index in [1.807, 2.05) is 32.9 Å². The summed E-state index contributed by atoms with van der Waals surface area (Å²) in [5.74, 6) is 0. The summed E-state index contributed by atoms with van der Waals surface area (Å²) in [7, 11) is 0. The quantitative estimate of drug-likeness (QED) is 0.595. The summed E-state index contributed by atoms with van der Waals surface area (Å²) < 4.78 is 0. The SMILES string of the molecule is C/C=C\C.C=C(N)CC.CCC. The first-order chi connectivity index (χ1) is 5.60. The van der Waals surface area contributed by atoms with Gasteiger partial charge in [-0.05, 0) is 20.3 Å². The summed E-state index contributed by atoms with van der Waals surface area (Å²) in [4.78, 5) is 0. The van der Waals surface area contributed by atoms with Crippen molar-refractivity contribution in [1.29, 1.82) is 0 Å². The van der Waals surface area contributed by atoms with Gasteiger partial charge in [0, 0.05) is 5.70 Å². The zero-order valence-corrected chi connectivity index (χ0v) is 9.35. The van der Waals surface area contributed by atoms with Gasteiger partial charge in [-0.3, -0.25) is 0 Å². The molecule has 2 N–H and O–H groups in total. The van der Waals surface area contributed by atoms with Crippen molar-refractivity contribution in [2.24, 2.45) is 5.73 Å². The maximum Gasteiger partial charge on any atom is 0.000466 e. The number of rotatable bonds is 1. The van der Waals surface area contributed by atoms with Crippen LogP contribution in [0.3, 0.4) is 0 Å². The van der Waals surface area contributed by atoms with E-state index in [0.29, 0.717) is 0 Å². The van der Waals surface area contributed by atoms with Gasteiger partial charge >= 0.3 is 0 Å². The Bertz CT molecular complexity index is 89.2. The van der Waals surface area contributed by atoms with Gasteiger partial charge in [-0.2, -0.15) is 0 Å². The number of allylic oxidation sites excluding steroid dienone is 3. The lowest BCUT2D eigenvalue weighted by Gasteiger charge is -1.81. The molecule has 0 rings (SSSR count). The predicted octanol–water partition coefficient (Wildman–Crippen LogP) is 3.87. The molecule has 0 bridgehead atoms. The number of nitrogens with two attached hydrogens (primary N) is 1. The second kappa shape index (κ2) is 22.4. The molecule has 0 aromatic carbocycles. The summed E-state index contributed by atoms with van der Waals surface area (Å²) in [6.07, 6.45) is 6.14. The first-order valence-electron chi connectivity index (χ1n) is 4.61. The van der Waals surface area contributed by atoms with Crippen molar-refractivity contribution in [2.45, 2.75) is 47.5 Å². The van der Waals surface area contributed by atoms with Crippen LogP contribution in [0.2, 0.25) is 0 Å². The van der Waals surface area contributed by atoms with Crippen molar-refractivity contribution in [2.75, 3.05) is 0 Å². The Kier molecular flexibility index (Phi) is 32.5. The molecule has 0 aliphatic carbocycles. The molecule has 0 spiro atoms. The van der Waals surface area contributed by atoms with E-state index in [-0.39, 0.29) is 0 Å². The van der Waals surface area contributed by atoms with Gasteiger partial charge in [0.25, 0.3) is 0 Å². The van der Waals surface area contributed by atoms with E-state index in [1.165, 1.54) is 6.42 Å². The van der Waals surface area contributed by atoms with Crippen LogP contribution in [-0.4, -0.2) is 0 Å². The lowest BCUT2D eigenvalue weighted by Crippen LogP contribution is -1.89. The maximum atomic E-state index is 5.10. The molecule has 0 radical (unpaired) electrons. The van der Waals surface area contributed by atoms with Gasteiger partial charge in [0.2, 0.25) is 0 Å². The van der Waals surface area contributed by atoms with Crippen LogP contribution in [0.1, 0.15) is 47.5 Å². The van der Waals surface area contributed by atoms with Gasteiger partial charge in [0.15, 0.2) is 0 Å². The van der Waals surface area contributed by atoms with Gasteiger partial charge < -0.3 is 5.73 Å². The molecule has 0 aliphatic heterocycles. The summed E-state index contributed by atoms with van der Waals surface area (Å²) in [6.45, 7) is 13.7. The standard InChI is InChI=1S/C4H9N.C4H8.C3H8/c1-3-4(2)5;1-3-4-2;1-3-2/h2-3,5H2,1H3;3-4H,1-2H3;3H2,1-2H3/b;4-3-;. The molecule has 74 valence electrons. The Labute approximate surface area is 78.4 Å². The molecule has 1 nitrogen and oxygen atoms in total. The van der Waals surface area contributed by atoms with Crippen molar-refractivity contribution >= 4 is 0 Å². The average Bonchev–Trinajstić information content (AvgIpc) is 2.06. The normalized spacial score (nSPS) is 7.75. The predicted molar refractivity (Wildman–Crippen MR) is 60.1 cm³/mol. The lowest BCUT2D eigenvalue weighted by atomic mass is 10.4. The van der Waals surface area contributed by atoms with Gasteiger partial charge in [0.1, 0.15) is 0 Å². The van der Waals surface area contributed by atoms with Crippen LogP contribution in [0.5, 0.6) is 0 Å². The summed E-state index contributed by atoms with van der Waals surface area (Å²) in [5.41, 5.74) is 5.85. The zero-order chi connectivity index (χ0) is 10.4. The average molecular weight is 171 g/mol. The van der Waals surface area contributed by atoms with Crippen LogP contribution in [0.15, 0.2) is 24.4 Å². The van der Waals surface area contributed by atoms with E-state index in [4.69, 9.17) is 5.73 Å². The number of hydrogen-bond donors (Lipinski definition) is 1. The molecule has 1 heteroatoms. The largest absolute Gasteiger partial charge is 0.403 e. The minimum atomic E-state index is 0.755. The van der Waals surface area contributed by atoms with E-state index in [0.717, 1.165) is 12.1 Å². The Hall–Kier alpha value is -0.720. The first-order valence-corrected chi connectivity index (χ1v) is 4.61. The molecule has 0 aromatic heterocycles. The minimum Gasteiger partial charge on any atom is -0.403 e.